The van der Waals surface area contributed by atoms with Gasteiger partial charge in [0.1, 0.15) is 5.75 Å². The molecule has 3 nitrogen and oxygen atoms in total. The zero-order valence-electron chi connectivity index (χ0n) is 11.5. The summed E-state index contributed by atoms with van der Waals surface area (Å²) in [5.41, 5.74) is 0.682. The lowest BCUT2D eigenvalue weighted by atomic mass is 10.2. The Bertz CT molecular complexity index is 400. The molecule has 0 bridgehead atoms. The van der Waals surface area contributed by atoms with E-state index in [1.165, 1.54) is 45.3 Å². The molecule has 1 heterocycles. The number of nitriles is 1. The highest BCUT2D eigenvalue weighted by Gasteiger charge is 2.11. The van der Waals surface area contributed by atoms with Gasteiger partial charge in [-0.2, -0.15) is 5.26 Å². The Morgan fingerprint density at radius 2 is 1.74 bits per heavy atom. The first-order valence-corrected chi connectivity index (χ1v) is 7.35. The average molecular weight is 259 g/mol. The van der Waals surface area contributed by atoms with E-state index < -0.39 is 0 Å². The molecular weight excluding hydrogens is 236 g/mol. The Labute approximate surface area is 115 Å². The number of nitrogens with one attached hydrogen (secondary N) is 1. The summed E-state index contributed by atoms with van der Waals surface area (Å²) in [5, 5.41) is 8.72. The third kappa shape index (κ3) is 4.92. The molecule has 0 unspecified atom stereocenters. The topological polar surface area (TPSA) is 37.5 Å². The molecule has 0 amide bonds. The van der Waals surface area contributed by atoms with Crippen molar-refractivity contribution in [1.82, 2.24) is 0 Å². The number of hydrogen-bond donors (Lipinski definition) is 1. The van der Waals surface area contributed by atoms with E-state index in [0.29, 0.717) is 5.56 Å². The Morgan fingerprint density at radius 1 is 1.05 bits per heavy atom. The van der Waals surface area contributed by atoms with Gasteiger partial charge < -0.3 is 9.64 Å². The molecule has 1 aliphatic rings. The lowest BCUT2D eigenvalue weighted by Crippen LogP contribution is -3.11. The summed E-state index contributed by atoms with van der Waals surface area (Å²) >= 11 is 0. The van der Waals surface area contributed by atoms with Crippen LogP contribution >= 0.6 is 0 Å². The molecule has 1 N–H and O–H groups in total. The van der Waals surface area contributed by atoms with Gasteiger partial charge in [-0.1, -0.05) is 0 Å². The predicted molar refractivity (Wildman–Crippen MR) is 75.3 cm³/mol. The molecule has 1 fully saturated rings. The highest BCUT2D eigenvalue weighted by Crippen LogP contribution is 2.11. The first-order valence-electron chi connectivity index (χ1n) is 7.35. The molecule has 102 valence electrons. The van der Waals surface area contributed by atoms with Crippen LogP contribution in [0, 0.1) is 11.3 Å². The Morgan fingerprint density at radius 3 is 2.37 bits per heavy atom. The van der Waals surface area contributed by atoms with Crippen LogP contribution in [0.1, 0.15) is 37.7 Å². The van der Waals surface area contributed by atoms with Crippen molar-refractivity contribution in [2.45, 2.75) is 32.1 Å². The van der Waals surface area contributed by atoms with Crippen LogP contribution in [0.2, 0.25) is 0 Å². The molecule has 1 saturated heterocycles. The van der Waals surface area contributed by atoms with Gasteiger partial charge in [0.15, 0.2) is 0 Å². The van der Waals surface area contributed by atoms with Crippen LogP contribution in [-0.2, 0) is 0 Å². The van der Waals surface area contributed by atoms with Gasteiger partial charge in [0.05, 0.1) is 37.9 Å². The fourth-order valence-corrected chi connectivity index (χ4v) is 2.62. The second kappa shape index (κ2) is 7.81. The van der Waals surface area contributed by atoms with Gasteiger partial charge in [-0.15, -0.1) is 0 Å². The largest absolute Gasteiger partial charge is 0.493 e. The maximum absolute atomic E-state index is 8.72. The summed E-state index contributed by atoms with van der Waals surface area (Å²) in [5.74, 6) is 0.866. The number of likely N-dealkylation sites (tertiary alicyclic amines) is 1. The highest BCUT2D eigenvalue weighted by atomic mass is 16.5. The SMILES string of the molecule is N#Cc1ccc(OCCC[NH+]2CCCCCC2)cc1. The summed E-state index contributed by atoms with van der Waals surface area (Å²) in [6, 6.07) is 9.46. The molecule has 0 radical (unpaired) electrons. The zero-order valence-corrected chi connectivity index (χ0v) is 11.5. The minimum absolute atomic E-state index is 0.682. The number of nitrogens with zero attached hydrogens (tertiary/aromatic N) is 1. The number of rotatable bonds is 5. The van der Waals surface area contributed by atoms with Crippen molar-refractivity contribution in [3.05, 3.63) is 29.8 Å². The molecule has 0 atom stereocenters. The predicted octanol–water partition coefficient (Wildman–Crippen LogP) is 1.79. The Kier molecular flexibility index (Phi) is 5.71. The smallest absolute Gasteiger partial charge is 0.119 e. The van der Waals surface area contributed by atoms with Gasteiger partial charge in [-0.25, -0.2) is 0 Å². The van der Waals surface area contributed by atoms with E-state index in [0.717, 1.165) is 18.8 Å². The summed E-state index contributed by atoms with van der Waals surface area (Å²) in [4.78, 5) is 1.74. The fraction of sp³-hybridized carbons (Fsp3) is 0.562. The van der Waals surface area contributed by atoms with Crippen molar-refractivity contribution in [2.75, 3.05) is 26.2 Å². The van der Waals surface area contributed by atoms with Crippen LogP contribution in [0.4, 0.5) is 0 Å². The molecular formula is C16H23N2O+. The molecule has 19 heavy (non-hydrogen) atoms. The van der Waals surface area contributed by atoms with E-state index in [9.17, 15) is 0 Å². The van der Waals surface area contributed by atoms with Crippen LogP contribution in [0.3, 0.4) is 0 Å². The number of benzene rings is 1. The van der Waals surface area contributed by atoms with E-state index in [4.69, 9.17) is 10.00 Å². The van der Waals surface area contributed by atoms with Gasteiger partial charge >= 0.3 is 0 Å². The molecule has 1 aromatic rings. The van der Waals surface area contributed by atoms with Crippen molar-refractivity contribution in [1.29, 1.82) is 5.26 Å². The fourth-order valence-electron chi connectivity index (χ4n) is 2.62. The maximum Gasteiger partial charge on any atom is 0.119 e. The van der Waals surface area contributed by atoms with E-state index >= 15 is 0 Å². The quantitative estimate of drug-likeness (QED) is 0.819. The second-order valence-corrected chi connectivity index (χ2v) is 5.25. The monoisotopic (exact) mass is 259 g/mol. The first-order chi connectivity index (χ1) is 9.38. The zero-order chi connectivity index (χ0) is 13.3. The van der Waals surface area contributed by atoms with Crippen LogP contribution in [0.5, 0.6) is 5.75 Å². The molecule has 3 heteroatoms. The van der Waals surface area contributed by atoms with E-state index in [2.05, 4.69) is 6.07 Å². The van der Waals surface area contributed by atoms with Gasteiger partial charge in [-0.05, 0) is 49.9 Å². The molecule has 0 spiro atoms. The van der Waals surface area contributed by atoms with Crippen LogP contribution in [0.25, 0.3) is 0 Å². The second-order valence-electron chi connectivity index (χ2n) is 5.25. The third-order valence-corrected chi connectivity index (χ3v) is 3.74. The minimum atomic E-state index is 0.682. The van der Waals surface area contributed by atoms with Gasteiger partial charge in [0, 0.05) is 6.42 Å². The van der Waals surface area contributed by atoms with Crippen molar-refractivity contribution in [3.63, 3.8) is 0 Å². The van der Waals surface area contributed by atoms with E-state index in [1.807, 2.05) is 12.1 Å². The normalized spacial score (nSPS) is 16.6. The van der Waals surface area contributed by atoms with Crippen molar-refractivity contribution in [2.24, 2.45) is 0 Å². The van der Waals surface area contributed by atoms with Crippen molar-refractivity contribution >= 4 is 0 Å². The summed E-state index contributed by atoms with van der Waals surface area (Å²) in [6.07, 6.45) is 6.68. The van der Waals surface area contributed by atoms with Crippen molar-refractivity contribution < 1.29 is 9.64 Å². The highest BCUT2D eigenvalue weighted by molar-refractivity contribution is 5.34. The summed E-state index contributed by atoms with van der Waals surface area (Å²) in [6.45, 7) is 4.65. The lowest BCUT2D eigenvalue weighted by Gasteiger charge is -2.16. The molecule has 2 rings (SSSR count). The van der Waals surface area contributed by atoms with Crippen LogP contribution < -0.4 is 9.64 Å². The summed E-state index contributed by atoms with van der Waals surface area (Å²) in [7, 11) is 0. The van der Waals surface area contributed by atoms with Crippen LogP contribution in [-0.4, -0.2) is 26.2 Å². The average Bonchev–Trinajstić information content (AvgIpc) is 2.73. The molecule has 0 aliphatic carbocycles. The number of hydrogen-bond acceptors (Lipinski definition) is 2. The molecule has 1 aromatic carbocycles. The van der Waals surface area contributed by atoms with Gasteiger partial charge in [0.2, 0.25) is 0 Å². The Hall–Kier alpha value is -1.53. The van der Waals surface area contributed by atoms with E-state index in [1.54, 1.807) is 17.0 Å². The minimum Gasteiger partial charge on any atom is -0.493 e. The van der Waals surface area contributed by atoms with Gasteiger partial charge in [0.25, 0.3) is 0 Å². The van der Waals surface area contributed by atoms with Gasteiger partial charge in [-0.3, -0.25) is 0 Å². The third-order valence-electron chi connectivity index (χ3n) is 3.74. The van der Waals surface area contributed by atoms with Crippen molar-refractivity contribution in [3.8, 4) is 11.8 Å². The number of ether oxygens (including phenoxy) is 1. The standard InChI is InChI=1S/C16H22N2O/c17-14-15-6-8-16(9-7-15)19-13-5-12-18-10-3-1-2-4-11-18/h6-9H,1-5,10-13H2/p+1. The van der Waals surface area contributed by atoms with Crippen LogP contribution in [0.15, 0.2) is 24.3 Å². The molecule has 1 aliphatic heterocycles. The number of quaternary nitrogens is 1. The summed E-state index contributed by atoms with van der Waals surface area (Å²) < 4.78 is 5.71. The Balaban J connectivity index is 1.64. The maximum atomic E-state index is 8.72. The lowest BCUT2D eigenvalue weighted by molar-refractivity contribution is -0.899. The van der Waals surface area contributed by atoms with E-state index in [-0.39, 0.29) is 0 Å². The molecule has 0 saturated carbocycles. The molecule has 0 aromatic heterocycles. The first kappa shape index (κ1) is 13.9.